The minimum atomic E-state index is -5.07. The van der Waals surface area contributed by atoms with Gasteiger partial charge in [0, 0.05) is 45.7 Å². The van der Waals surface area contributed by atoms with Crippen molar-refractivity contribution in [2.75, 3.05) is 13.1 Å². The van der Waals surface area contributed by atoms with Gasteiger partial charge in [-0.3, -0.25) is 13.6 Å². The first-order valence-corrected chi connectivity index (χ1v) is 23.0. The van der Waals surface area contributed by atoms with Gasteiger partial charge in [-0.15, -0.1) is 0 Å². The fourth-order valence-corrected chi connectivity index (χ4v) is 10.5. The molecule has 0 unspecified atom stereocenters. The molecule has 15 heteroatoms. The van der Waals surface area contributed by atoms with Crippen LogP contribution in [0.25, 0.3) is 16.3 Å². The summed E-state index contributed by atoms with van der Waals surface area (Å²) in [7, 11) is -14.3. The number of phosphoric acid groups is 1. The van der Waals surface area contributed by atoms with E-state index in [-0.39, 0.29) is 24.5 Å². The van der Waals surface area contributed by atoms with Crippen molar-refractivity contribution in [3.8, 4) is 17.2 Å². The molecule has 58 heavy (non-hydrogen) atoms. The van der Waals surface area contributed by atoms with Crippen LogP contribution in [0, 0.1) is 0 Å². The lowest BCUT2D eigenvalue weighted by molar-refractivity contribution is 0.143. The Bertz CT molecular complexity index is 3000. The first-order valence-electron chi connectivity index (χ1n) is 18.6. The highest BCUT2D eigenvalue weighted by Gasteiger charge is 2.34. The zero-order valence-electron chi connectivity index (χ0n) is 30.9. The highest BCUT2D eigenvalue weighted by atomic mass is 32.2. The number of aryl methyl sites for hydroxylation is 1. The molecule has 0 atom stereocenters. The number of phosphoric ester groups is 1. The van der Waals surface area contributed by atoms with E-state index in [9.17, 15) is 30.5 Å². The van der Waals surface area contributed by atoms with Crippen LogP contribution in [-0.4, -0.2) is 39.0 Å². The van der Waals surface area contributed by atoms with Gasteiger partial charge in [-0.1, -0.05) is 72.8 Å². The monoisotopic (exact) mass is 837 g/mol. The van der Waals surface area contributed by atoms with Crippen LogP contribution in [0.1, 0.15) is 46.2 Å². The maximum Gasteiger partial charge on any atom is 0.530 e. The summed E-state index contributed by atoms with van der Waals surface area (Å²) in [6.07, 6.45) is 3.29. The highest BCUT2D eigenvalue weighted by molar-refractivity contribution is 7.86. The van der Waals surface area contributed by atoms with Crippen LogP contribution < -0.4 is 24.4 Å². The van der Waals surface area contributed by atoms with Crippen molar-refractivity contribution in [3.05, 3.63) is 159 Å². The lowest BCUT2D eigenvalue weighted by Gasteiger charge is -2.28. The summed E-state index contributed by atoms with van der Waals surface area (Å²) in [5, 5.41) is 2.90. The molecule has 3 aliphatic heterocycles. The molecule has 1 N–H and O–H groups in total. The second-order valence-electron chi connectivity index (χ2n) is 14.4. The van der Waals surface area contributed by atoms with E-state index >= 15 is 0 Å². The highest BCUT2D eigenvalue weighted by Crippen LogP contribution is 2.52. The minimum absolute atomic E-state index is 0.00250. The molecule has 0 radical (unpaired) electrons. The zero-order chi connectivity index (χ0) is 40.2. The number of hydrogen-bond donors (Lipinski definition) is 1. The molecule has 0 saturated carbocycles. The molecule has 3 aliphatic rings. The Labute approximate surface area is 334 Å². The summed E-state index contributed by atoms with van der Waals surface area (Å²) in [5.74, 6) is 1.09. The van der Waals surface area contributed by atoms with Crippen LogP contribution in [-0.2, 0) is 59.9 Å². The van der Waals surface area contributed by atoms with E-state index in [4.69, 9.17) is 18.3 Å². The van der Waals surface area contributed by atoms with Crippen molar-refractivity contribution >= 4 is 44.4 Å². The van der Waals surface area contributed by atoms with Crippen LogP contribution in [0.4, 0.5) is 0 Å². The van der Waals surface area contributed by atoms with E-state index in [1.165, 1.54) is 6.07 Å². The molecule has 0 fully saturated rings. The van der Waals surface area contributed by atoms with Gasteiger partial charge in [0.2, 0.25) is 5.36 Å². The Balaban J connectivity index is 1.19. The number of fused-ring (bicyclic) bond motifs is 5. The number of benzene rings is 6. The van der Waals surface area contributed by atoms with Crippen LogP contribution in [0.15, 0.2) is 125 Å². The van der Waals surface area contributed by atoms with E-state index in [1.807, 2.05) is 66.7 Å². The van der Waals surface area contributed by atoms with Gasteiger partial charge in [0.1, 0.15) is 45.4 Å². The second kappa shape index (κ2) is 14.9. The topological polar surface area (TPSA) is 169 Å². The number of nitrogens with zero attached hydrogens (tertiary/aromatic N) is 1. The smallest absolute Gasteiger partial charge is 0.530 e. The van der Waals surface area contributed by atoms with Gasteiger partial charge in [0.05, 0.1) is 23.7 Å². The minimum Gasteiger partial charge on any atom is -0.744 e. The van der Waals surface area contributed by atoms with E-state index in [1.54, 1.807) is 30.3 Å². The molecule has 12 nitrogen and oxygen atoms in total. The lowest BCUT2D eigenvalue weighted by Crippen LogP contribution is -2.45. The van der Waals surface area contributed by atoms with Crippen LogP contribution >= 0.6 is 7.82 Å². The SMILES string of the molecule is O=P(OCc1ccccc1)(OCc1ccccc1)Oc1ccc2c3c(ccc2c1)C(c1ccc(S(=O)(=O)[O-])cc1S(=O)(=O)O)=c1cc2c4c(c1O3)CCC[N+]=4CCC2. The summed E-state index contributed by atoms with van der Waals surface area (Å²) < 4.78 is 114. The Morgan fingerprint density at radius 1 is 0.741 bits per heavy atom. The molecule has 3 heterocycles. The van der Waals surface area contributed by atoms with E-state index in [0.717, 1.165) is 66.0 Å². The standard InChI is InChI=1S/C43H36NO11PS2/c45-56(52-26-28-9-3-1-4-10-28,53-27-29-11-5-2-6-12-29)55-32-16-19-34-30(23-32)15-18-36-40(35-20-17-33(57(46,47)48)25-39(35)58(49,50)51)38-24-31-13-7-21-44-22-8-14-37(41(31)44)43(38)54-42(34)36/h1-6,9-12,15-20,23-25H,7-8,13-14,21-22,26-27H2,(H-,46,47,48,49,50,51). The molecule has 0 saturated heterocycles. The lowest BCUT2D eigenvalue weighted by atomic mass is 9.86. The number of rotatable bonds is 11. The van der Waals surface area contributed by atoms with Gasteiger partial charge in [-0.25, -0.2) is 17.6 Å². The third kappa shape index (κ3) is 7.37. The van der Waals surface area contributed by atoms with Crippen molar-refractivity contribution in [2.24, 2.45) is 0 Å². The molecule has 0 amide bonds. The molecular formula is C43H36NO11PS2. The number of hydrogen-bond acceptors (Lipinski definition) is 10. The van der Waals surface area contributed by atoms with Crippen LogP contribution in [0.5, 0.6) is 17.2 Å². The van der Waals surface area contributed by atoms with Crippen LogP contribution in [0.2, 0.25) is 0 Å². The largest absolute Gasteiger partial charge is 0.744 e. The maximum absolute atomic E-state index is 14.2. The summed E-state index contributed by atoms with van der Waals surface area (Å²) in [6.45, 7) is 1.72. The van der Waals surface area contributed by atoms with E-state index < -0.39 is 37.8 Å². The third-order valence-corrected chi connectivity index (χ3v) is 13.7. The molecule has 0 aromatic heterocycles. The quantitative estimate of drug-likeness (QED) is 0.0842. The first-order chi connectivity index (χ1) is 27.8. The Morgan fingerprint density at radius 3 is 2.05 bits per heavy atom. The fraction of sp³-hybridized carbons (Fsp3) is 0.186. The van der Waals surface area contributed by atoms with Crippen molar-refractivity contribution in [3.63, 3.8) is 0 Å². The molecule has 6 aromatic rings. The number of ether oxygens (including phenoxy) is 1. The van der Waals surface area contributed by atoms with E-state index in [0.29, 0.717) is 51.1 Å². The molecule has 0 spiro atoms. The zero-order valence-corrected chi connectivity index (χ0v) is 33.4. The third-order valence-electron chi connectivity index (χ3n) is 10.6. The molecule has 0 bridgehead atoms. The van der Waals surface area contributed by atoms with E-state index in [2.05, 4.69) is 4.58 Å². The fourth-order valence-electron chi connectivity index (χ4n) is 8.07. The first kappa shape index (κ1) is 38.3. The molecule has 0 aliphatic carbocycles. The van der Waals surface area contributed by atoms with Crippen molar-refractivity contribution in [2.45, 2.75) is 48.7 Å². The summed E-state index contributed by atoms with van der Waals surface area (Å²) in [5.41, 5.74) is 4.45. The second-order valence-corrected chi connectivity index (χ2v) is 18.7. The predicted molar refractivity (Wildman–Crippen MR) is 214 cm³/mol. The predicted octanol–water partition coefficient (Wildman–Crippen LogP) is 6.65. The van der Waals surface area contributed by atoms with Gasteiger partial charge >= 0.3 is 7.82 Å². The summed E-state index contributed by atoms with van der Waals surface area (Å²) >= 11 is 0. The van der Waals surface area contributed by atoms with Gasteiger partial charge in [0.15, 0.2) is 0 Å². The average molecular weight is 838 g/mol. The van der Waals surface area contributed by atoms with Gasteiger partial charge < -0.3 is 13.8 Å². The van der Waals surface area contributed by atoms with Gasteiger partial charge in [0.25, 0.3) is 10.1 Å². The molecule has 6 aromatic carbocycles. The Morgan fingerprint density at radius 2 is 1.40 bits per heavy atom. The maximum atomic E-state index is 14.2. The van der Waals surface area contributed by atoms with Crippen molar-refractivity contribution in [1.82, 2.24) is 4.58 Å². The molecule has 9 rings (SSSR count). The average Bonchev–Trinajstić information content (AvgIpc) is 3.21. The summed E-state index contributed by atoms with van der Waals surface area (Å²) in [4.78, 5) is -1.52. The van der Waals surface area contributed by atoms with Crippen LogP contribution in [0.3, 0.4) is 0 Å². The van der Waals surface area contributed by atoms with Crippen molar-refractivity contribution in [1.29, 1.82) is 0 Å². The summed E-state index contributed by atoms with van der Waals surface area (Å²) in [6, 6.07) is 32.0. The molecule has 296 valence electrons. The van der Waals surface area contributed by atoms with Crippen molar-refractivity contribution < 1.29 is 48.8 Å². The normalized spacial score (nSPS) is 15.0. The Hall–Kier alpha value is -5.18. The molecular weight excluding hydrogens is 802 g/mol. The van der Waals surface area contributed by atoms with Gasteiger partial charge in [-0.2, -0.15) is 8.42 Å². The van der Waals surface area contributed by atoms with Gasteiger partial charge in [-0.05, 0) is 71.8 Å². The Kier molecular flexibility index (Phi) is 9.84.